The predicted octanol–water partition coefficient (Wildman–Crippen LogP) is 5.04. The normalized spacial score (nSPS) is 12.5. The van der Waals surface area contributed by atoms with E-state index in [9.17, 15) is 0 Å². The Kier molecular flexibility index (Phi) is 3.75. The van der Waals surface area contributed by atoms with Gasteiger partial charge in [-0.1, -0.05) is 0 Å². The molecule has 2 aromatic heterocycles. The van der Waals surface area contributed by atoms with Gasteiger partial charge in [0, 0.05) is 26.8 Å². The molecule has 0 bridgehead atoms. The summed E-state index contributed by atoms with van der Waals surface area (Å²) < 4.78 is 10.9. The lowest BCUT2D eigenvalue weighted by atomic mass is 10.0. The highest BCUT2D eigenvalue weighted by Gasteiger charge is 2.17. The molecule has 0 unspecified atom stereocenters. The number of aryl methyl sites for hydroxylation is 3. The van der Waals surface area contributed by atoms with Gasteiger partial charge in [-0.3, -0.25) is 0 Å². The summed E-state index contributed by atoms with van der Waals surface area (Å²) in [6.45, 7) is 6.69. The molecule has 0 saturated carbocycles. The van der Waals surface area contributed by atoms with Crippen molar-refractivity contribution in [1.29, 1.82) is 0 Å². The van der Waals surface area contributed by atoms with Crippen molar-refractivity contribution in [1.82, 2.24) is 4.98 Å². The maximum Gasteiger partial charge on any atom is 0.231 e. The Hall–Kier alpha value is -1.78. The van der Waals surface area contributed by atoms with Gasteiger partial charge in [-0.15, -0.1) is 23.7 Å². The third-order valence-corrected chi connectivity index (χ3v) is 4.79. The van der Waals surface area contributed by atoms with Crippen LogP contribution in [0.1, 0.15) is 15.3 Å². The lowest BCUT2D eigenvalue weighted by Crippen LogP contribution is -1.92. The number of hydrogen-bond acceptors (Lipinski definition) is 4. The number of ether oxygens (including phenoxy) is 2. The predicted molar refractivity (Wildman–Crippen MR) is 92.6 cm³/mol. The van der Waals surface area contributed by atoms with Crippen LogP contribution in [0.25, 0.3) is 22.2 Å². The summed E-state index contributed by atoms with van der Waals surface area (Å²) in [5.74, 6) is 1.59. The Morgan fingerprint density at radius 3 is 2.41 bits per heavy atom. The van der Waals surface area contributed by atoms with Gasteiger partial charge < -0.3 is 9.47 Å². The van der Waals surface area contributed by atoms with E-state index in [0.29, 0.717) is 6.79 Å². The lowest BCUT2D eigenvalue weighted by molar-refractivity contribution is 0.174. The number of aromatic nitrogens is 1. The van der Waals surface area contributed by atoms with Crippen molar-refractivity contribution in [3.8, 4) is 22.8 Å². The molecule has 4 rings (SSSR count). The maximum atomic E-state index is 5.46. The van der Waals surface area contributed by atoms with Gasteiger partial charge in [0.05, 0.1) is 11.2 Å². The zero-order valence-corrected chi connectivity index (χ0v) is 14.2. The molecule has 1 aromatic carbocycles. The van der Waals surface area contributed by atoms with Crippen molar-refractivity contribution in [2.24, 2.45) is 0 Å². The summed E-state index contributed by atoms with van der Waals surface area (Å²) in [5.41, 5.74) is 4.41. The molecule has 0 saturated heterocycles. The first kappa shape index (κ1) is 15.1. The molecular weight excluding hydrogens is 318 g/mol. The number of halogens is 1. The number of nitrogens with zero attached hydrogens (tertiary/aromatic N) is 1. The Bertz CT molecular complexity index is 873. The number of pyridine rings is 1. The zero-order chi connectivity index (χ0) is 14.6. The van der Waals surface area contributed by atoms with Crippen LogP contribution >= 0.6 is 23.7 Å². The Morgan fingerprint density at radius 1 is 1.00 bits per heavy atom. The van der Waals surface area contributed by atoms with E-state index in [2.05, 4.69) is 32.9 Å². The molecule has 0 spiro atoms. The van der Waals surface area contributed by atoms with Crippen LogP contribution in [0.4, 0.5) is 0 Å². The van der Waals surface area contributed by atoms with E-state index >= 15 is 0 Å². The van der Waals surface area contributed by atoms with E-state index < -0.39 is 0 Å². The quantitative estimate of drug-likeness (QED) is 0.625. The van der Waals surface area contributed by atoms with Crippen LogP contribution in [-0.2, 0) is 0 Å². The molecule has 0 N–H and O–H groups in total. The van der Waals surface area contributed by atoms with Crippen LogP contribution in [0.2, 0.25) is 0 Å². The van der Waals surface area contributed by atoms with Crippen molar-refractivity contribution < 1.29 is 9.47 Å². The highest BCUT2D eigenvalue weighted by Crippen LogP contribution is 2.38. The van der Waals surface area contributed by atoms with Gasteiger partial charge in [0.2, 0.25) is 6.79 Å². The zero-order valence-electron chi connectivity index (χ0n) is 12.6. The largest absolute Gasteiger partial charge is 0.454 e. The third-order valence-electron chi connectivity index (χ3n) is 3.83. The van der Waals surface area contributed by atoms with E-state index in [4.69, 9.17) is 14.5 Å². The van der Waals surface area contributed by atoms with Gasteiger partial charge in [-0.2, -0.15) is 0 Å². The average Bonchev–Trinajstić information content (AvgIpc) is 3.02. The summed E-state index contributed by atoms with van der Waals surface area (Å²) in [7, 11) is 0. The molecule has 1 aliphatic rings. The van der Waals surface area contributed by atoms with E-state index in [-0.39, 0.29) is 12.4 Å². The van der Waals surface area contributed by atoms with Crippen LogP contribution in [-0.4, -0.2) is 11.8 Å². The molecule has 0 amide bonds. The summed E-state index contributed by atoms with van der Waals surface area (Å²) in [6, 6.07) is 8.36. The fourth-order valence-corrected chi connectivity index (χ4v) is 3.74. The first-order valence-corrected chi connectivity index (χ1v) is 7.72. The monoisotopic (exact) mass is 333 g/mol. The van der Waals surface area contributed by atoms with Gasteiger partial charge in [-0.25, -0.2) is 4.98 Å². The van der Waals surface area contributed by atoms with Crippen LogP contribution in [0, 0.1) is 20.8 Å². The molecule has 0 aliphatic carbocycles. The van der Waals surface area contributed by atoms with Gasteiger partial charge in [0.25, 0.3) is 0 Å². The standard InChI is InChI=1S/C17H15NO2S.ClH/c1-9-4-14(13-5-10(2)21-11(13)3)18-15-7-17-16(6-12(9)15)19-8-20-17;/h4-7H,8H2,1-3H3;1H. The SMILES string of the molecule is Cc1cc(-c2cc(C)c3cc4c(cc3n2)OCO4)c(C)s1.Cl. The second-order valence-electron chi connectivity index (χ2n) is 5.37. The van der Waals surface area contributed by atoms with Crippen molar-refractivity contribution in [3.63, 3.8) is 0 Å². The number of fused-ring (bicyclic) bond motifs is 2. The third kappa shape index (κ3) is 2.32. The number of benzene rings is 1. The van der Waals surface area contributed by atoms with Crippen LogP contribution in [0.15, 0.2) is 24.3 Å². The first-order valence-electron chi connectivity index (χ1n) is 6.90. The molecule has 22 heavy (non-hydrogen) atoms. The number of thiophene rings is 1. The Labute approximate surface area is 139 Å². The minimum absolute atomic E-state index is 0. The summed E-state index contributed by atoms with van der Waals surface area (Å²) in [5, 5.41) is 1.12. The van der Waals surface area contributed by atoms with Gasteiger partial charge in [0.1, 0.15) is 0 Å². The molecule has 1 aliphatic heterocycles. The molecule has 0 fully saturated rings. The molecule has 114 valence electrons. The number of hydrogen-bond donors (Lipinski definition) is 0. The molecule has 0 radical (unpaired) electrons. The van der Waals surface area contributed by atoms with Crippen molar-refractivity contribution in [2.45, 2.75) is 20.8 Å². The molecule has 0 atom stereocenters. The topological polar surface area (TPSA) is 31.4 Å². The average molecular weight is 334 g/mol. The van der Waals surface area contributed by atoms with Crippen molar-refractivity contribution in [3.05, 3.63) is 39.6 Å². The fraction of sp³-hybridized carbons (Fsp3) is 0.235. The second-order valence-corrected chi connectivity index (χ2v) is 6.83. The van der Waals surface area contributed by atoms with Gasteiger partial charge in [-0.05, 0) is 44.5 Å². The van der Waals surface area contributed by atoms with Gasteiger partial charge in [0.15, 0.2) is 11.5 Å². The fourth-order valence-electron chi connectivity index (χ4n) is 2.81. The van der Waals surface area contributed by atoms with E-state index in [0.717, 1.165) is 28.1 Å². The summed E-state index contributed by atoms with van der Waals surface area (Å²) >= 11 is 1.81. The molecular formula is C17H16ClNO2S. The minimum atomic E-state index is 0. The smallest absolute Gasteiger partial charge is 0.231 e. The lowest BCUT2D eigenvalue weighted by Gasteiger charge is -2.07. The summed E-state index contributed by atoms with van der Waals surface area (Å²) in [4.78, 5) is 7.45. The van der Waals surface area contributed by atoms with Crippen LogP contribution in [0.5, 0.6) is 11.5 Å². The molecule has 5 heteroatoms. The van der Waals surface area contributed by atoms with E-state index in [1.807, 2.05) is 23.5 Å². The number of rotatable bonds is 1. The molecule has 3 nitrogen and oxygen atoms in total. The van der Waals surface area contributed by atoms with Crippen LogP contribution in [0.3, 0.4) is 0 Å². The molecule has 3 heterocycles. The Morgan fingerprint density at radius 2 is 1.73 bits per heavy atom. The first-order chi connectivity index (χ1) is 10.1. The molecule has 3 aromatic rings. The maximum absolute atomic E-state index is 5.46. The highest BCUT2D eigenvalue weighted by atomic mass is 35.5. The van der Waals surface area contributed by atoms with Crippen molar-refractivity contribution in [2.75, 3.05) is 6.79 Å². The van der Waals surface area contributed by atoms with E-state index in [1.54, 1.807) is 0 Å². The van der Waals surface area contributed by atoms with E-state index in [1.165, 1.54) is 20.9 Å². The second kappa shape index (κ2) is 5.45. The summed E-state index contributed by atoms with van der Waals surface area (Å²) in [6.07, 6.45) is 0. The van der Waals surface area contributed by atoms with Crippen molar-refractivity contribution >= 4 is 34.6 Å². The minimum Gasteiger partial charge on any atom is -0.454 e. The van der Waals surface area contributed by atoms with Gasteiger partial charge >= 0.3 is 0 Å². The van der Waals surface area contributed by atoms with Crippen LogP contribution < -0.4 is 9.47 Å². The highest BCUT2D eigenvalue weighted by molar-refractivity contribution is 7.12. The Balaban J connectivity index is 0.00000144.